The van der Waals surface area contributed by atoms with E-state index in [4.69, 9.17) is 9.39 Å². The molecule has 0 saturated carbocycles. The molecule has 13 heteroatoms. The largest absolute Gasteiger partial charge is 0.491 e. The van der Waals surface area contributed by atoms with Gasteiger partial charge in [-0.1, -0.05) is 70.4 Å². The minimum absolute atomic E-state index is 0.129. The van der Waals surface area contributed by atoms with Gasteiger partial charge in [0.1, 0.15) is 17.5 Å². The molecule has 1 aromatic heterocycles. The predicted octanol–water partition coefficient (Wildman–Crippen LogP) is 5.78. The molecule has 4 N–H and O–H groups in total. The number of aliphatic hydroxyl groups excluding tert-OH is 1. The van der Waals surface area contributed by atoms with E-state index in [-0.39, 0.29) is 24.8 Å². The van der Waals surface area contributed by atoms with Crippen LogP contribution in [-0.2, 0) is 33.8 Å². The van der Waals surface area contributed by atoms with Gasteiger partial charge in [-0.2, -0.15) is 5.26 Å². The van der Waals surface area contributed by atoms with Gasteiger partial charge in [-0.3, -0.25) is 9.59 Å². The Balaban J connectivity index is 0.951. The predicted molar refractivity (Wildman–Crippen MR) is 218 cm³/mol. The maximum atomic E-state index is 14.0. The number of benzene rings is 3. The first-order chi connectivity index (χ1) is 26.9. The lowest BCUT2D eigenvalue weighted by molar-refractivity contribution is -0.142. The van der Waals surface area contributed by atoms with Gasteiger partial charge in [0.25, 0.3) is 0 Å². The molecular formula is C43H52BN5O6S. The molecule has 0 radical (unpaired) electrons. The van der Waals surface area contributed by atoms with Gasteiger partial charge >= 0.3 is 7.12 Å². The highest BCUT2D eigenvalue weighted by Gasteiger charge is 2.43. The fourth-order valence-corrected chi connectivity index (χ4v) is 8.27. The molecule has 0 bridgehead atoms. The van der Waals surface area contributed by atoms with E-state index >= 15 is 0 Å². The third-order valence-electron chi connectivity index (χ3n) is 10.6. The topological polar surface area (TPSA) is 157 Å². The first kappa shape index (κ1) is 41.1. The summed E-state index contributed by atoms with van der Waals surface area (Å²) >= 11 is 1.60. The molecule has 11 nitrogen and oxygen atoms in total. The molecule has 6 rings (SSSR count). The van der Waals surface area contributed by atoms with Gasteiger partial charge in [-0.15, -0.1) is 11.3 Å². The highest BCUT2D eigenvalue weighted by Crippen LogP contribution is 2.31. The van der Waals surface area contributed by atoms with Crippen molar-refractivity contribution in [2.45, 2.75) is 104 Å². The summed E-state index contributed by atoms with van der Waals surface area (Å²) in [5.41, 5.74) is 7.67. The van der Waals surface area contributed by atoms with Crippen LogP contribution in [0, 0.1) is 23.7 Å². The number of nitrogens with zero attached hydrogens (tertiary/aromatic N) is 3. The van der Waals surface area contributed by atoms with Crippen molar-refractivity contribution in [3.05, 3.63) is 94.1 Å². The van der Waals surface area contributed by atoms with E-state index in [0.717, 1.165) is 76.8 Å². The van der Waals surface area contributed by atoms with Crippen molar-refractivity contribution in [2.75, 3.05) is 13.1 Å². The van der Waals surface area contributed by atoms with Gasteiger partial charge < -0.3 is 35.1 Å². The lowest BCUT2D eigenvalue weighted by Gasteiger charge is -2.35. The third kappa shape index (κ3) is 10.2. The van der Waals surface area contributed by atoms with Crippen LogP contribution in [0.1, 0.15) is 87.2 Å². The zero-order chi connectivity index (χ0) is 39.8. The van der Waals surface area contributed by atoms with Crippen molar-refractivity contribution in [3.8, 4) is 28.0 Å². The Labute approximate surface area is 334 Å². The average molecular weight is 778 g/mol. The second-order valence-electron chi connectivity index (χ2n) is 15.9. The van der Waals surface area contributed by atoms with Gasteiger partial charge in [-0.25, -0.2) is 4.98 Å². The molecule has 0 spiro atoms. The summed E-state index contributed by atoms with van der Waals surface area (Å²) in [7, 11) is -0.902. The Morgan fingerprint density at radius 3 is 2.59 bits per heavy atom. The summed E-state index contributed by atoms with van der Waals surface area (Å²) in [6.45, 7) is 9.49. The van der Waals surface area contributed by atoms with Gasteiger partial charge in [0, 0.05) is 19.5 Å². The second-order valence-corrected chi connectivity index (χ2v) is 16.8. The summed E-state index contributed by atoms with van der Waals surface area (Å²) in [6.07, 6.45) is 5.06. The third-order valence-corrected chi connectivity index (χ3v) is 11.5. The maximum Gasteiger partial charge on any atom is 0.491 e. The maximum absolute atomic E-state index is 14.0. The van der Waals surface area contributed by atoms with E-state index in [2.05, 4.69) is 21.7 Å². The molecule has 294 valence electrons. The van der Waals surface area contributed by atoms with E-state index in [0.29, 0.717) is 36.8 Å². The number of carbonyl (C=O) groups is 2. The molecule has 0 aliphatic carbocycles. The molecule has 2 amide bonds. The van der Waals surface area contributed by atoms with Crippen molar-refractivity contribution < 1.29 is 29.1 Å². The first-order valence-corrected chi connectivity index (χ1v) is 20.4. The zero-order valence-corrected chi connectivity index (χ0v) is 33.5. The quantitative estimate of drug-likeness (QED) is 0.0819. The molecule has 2 aliphatic rings. The highest BCUT2D eigenvalue weighted by molar-refractivity contribution is 7.13. The number of thiazole rings is 1. The zero-order valence-electron chi connectivity index (χ0n) is 32.7. The van der Waals surface area contributed by atoms with Crippen LogP contribution < -0.4 is 20.8 Å². The molecule has 3 atom stereocenters. The van der Waals surface area contributed by atoms with Gasteiger partial charge in [-0.05, 0) is 96.2 Å². The number of rotatable bonds is 16. The van der Waals surface area contributed by atoms with Crippen molar-refractivity contribution in [1.82, 2.24) is 20.5 Å². The van der Waals surface area contributed by atoms with Crippen molar-refractivity contribution >= 4 is 35.7 Å². The summed E-state index contributed by atoms with van der Waals surface area (Å²) < 4.78 is 11.5. The van der Waals surface area contributed by atoms with Crippen molar-refractivity contribution in [2.24, 2.45) is 5.41 Å². The number of unbranched alkanes of at least 4 members (excludes halogenated alkanes) is 4. The Kier molecular flexibility index (Phi) is 13.6. The number of likely N-dealkylation sites (tertiary alicyclic amines) is 1. The highest BCUT2D eigenvalue weighted by atomic mass is 32.1. The van der Waals surface area contributed by atoms with E-state index in [1.54, 1.807) is 22.3 Å². The van der Waals surface area contributed by atoms with E-state index in [9.17, 15) is 25.0 Å². The van der Waals surface area contributed by atoms with Crippen LogP contribution in [0.2, 0.25) is 0 Å². The number of carbonyl (C=O) groups excluding carboxylic acids is 2. The standard InChI is InChI=1S/C43H52BN5O6S/c1-28-39(56-27-48-28)31-14-11-29(12-15-31)24-47-41(51)37-22-34(50)25-49(37)42(52)40(43(2,3)4)46-19-9-7-5-6-8-10-32-20-30(23-45)13-18-38(32)55-35-16-17-36-33(21-35)26-54-44(36)53/h11-18,20-21,27,34,37,40,46,50,53H,5-10,19,22,24-26H2,1-4H3,(H,47,51)/t34-,37+,40?/m1/s1. The number of hydrogen-bond donors (Lipinski definition) is 4. The Hall–Kier alpha value is -4.58. The van der Waals surface area contributed by atoms with E-state index < -0.39 is 30.7 Å². The smallest absolute Gasteiger partial charge is 0.457 e. The van der Waals surface area contributed by atoms with Crippen LogP contribution in [0.5, 0.6) is 11.5 Å². The van der Waals surface area contributed by atoms with E-state index in [1.807, 2.05) is 87.8 Å². The van der Waals surface area contributed by atoms with Crippen LogP contribution in [0.4, 0.5) is 0 Å². The van der Waals surface area contributed by atoms with E-state index in [1.165, 1.54) is 0 Å². The number of nitrogens with one attached hydrogen (secondary N) is 2. The summed E-state index contributed by atoms with van der Waals surface area (Å²) in [5, 5.41) is 36.5. The summed E-state index contributed by atoms with van der Waals surface area (Å²) in [5.74, 6) is 0.944. The minimum Gasteiger partial charge on any atom is -0.457 e. The van der Waals surface area contributed by atoms with Crippen LogP contribution in [-0.4, -0.2) is 70.2 Å². The van der Waals surface area contributed by atoms with Crippen LogP contribution in [0.25, 0.3) is 10.4 Å². The number of hydrogen-bond acceptors (Lipinski definition) is 10. The van der Waals surface area contributed by atoms with Crippen LogP contribution >= 0.6 is 11.3 Å². The number of aliphatic hydroxyl groups is 1. The lowest BCUT2D eigenvalue weighted by atomic mass is 9.80. The Bertz CT molecular complexity index is 2030. The molecule has 4 aromatic rings. The molecule has 3 heterocycles. The fraction of sp³-hybridized carbons (Fsp3) is 0.442. The lowest BCUT2D eigenvalue weighted by Crippen LogP contribution is -2.56. The molecular weight excluding hydrogens is 725 g/mol. The number of aromatic nitrogens is 1. The molecule has 1 unspecified atom stereocenters. The van der Waals surface area contributed by atoms with Crippen LogP contribution in [0.3, 0.4) is 0 Å². The monoisotopic (exact) mass is 777 g/mol. The normalized spacial score (nSPS) is 17.1. The number of aryl methyl sites for hydroxylation is 2. The Morgan fingerprint density at radius 1 is 1.09 bits per heavy atom. The van der Waals surface area contributed by atoms with Crippen LogP contribution in [0.15, 0.2) is 66.2 Å². The van der Waals surface area contributed by atoms with Crippen molar-refractivity contribution in [3.63, 3.8) is 0 Å². The minimum atomic E-state index is -0.902. The molecule has 1 fully saturated rings. The summed E-state index contributed by atoms with van der Waals surface area (Å²) in [4.78, 5) is 34.5. The first-order valence-electron chi connectivity index (χ1n) is 19.5. The van der Waals surface area contributed by atoms with Gasteiger partial charge in [0.2, 0.25) is 11.8 Å². The average Bonchev–Trinajstić information content (AvgIpc) is 3.90. The molecule has 3 aromatic carbocycles. The molecule has 2 aliphatic heterocycles. The number of ether oxygens (including phenoxy) is 1. The fourth-order valence-electron chi connectivity index (χ4n) is 7.45. The molecule has 1 saturated heterocycles. The number of β-amino-alcohol motifs (C(OH)–C–C–N with tert-alkyl or cyclic N) is 1. The number of nitriles is 1. The number of amides is 2. The summed E-state index contributed by atoms with van der Waals surface area (Å²) in [6, 6.07) is 20.0. The molecule has 56 heavy (non-hydrogen) atoms. The second kappa shape index (κ2) is 18.6. The Morgan fingerprint density at radius 2 is 1.86 bits per heavy atom. The van der Waals surface area contributed by atoms with Gasteiger partial charge in [0.05, 0.1) is 46.5 Å². The number of fused-ring (bicyclic) bond motifs is 1. The van der Waals surface area contributed by atoms with Gasteiger partial charge in [0.15, 0.2) is 0 Å². The van der Waals surface area contributed by atoms with Crippen molar-refractivity contribution in [1.29, 1.82) is 5.26 Å². The SMILES string of the molecule is Cc1ncsc1-c1ccc(CNC(=O)[C@@H]2C[C@@H](O)CN2C(=O)C(NCCCCCCCc2cc(C#N)ccc2Oc2ccc3c(c2)COB3O)C(C)(C)C)cc1.